The summed E-state index contributed by atoms with van der Waals surface area (Å²) in [6.45, 7) is -1.66. The van der Waals surface area contributed by atoms with E-state index in [0.29, 0.717) is 0 Å². The Hall–Kier alpha value is -1.82. The summed E-state index contributed by atoms with van der Waals surface area (Å²) in [6.07, 6.45) is -36.7. The van der Waals surface area contributed by atoms with Crippen LogP contribution in [0.25, 0.3) is 0 Å². The molecule has 4 fully saturated rings. The smallest absolute Gasteiger partial charge is 0.335 e. The van der Waals surface area contributed by atoms with Crippen molar-refractivity contribution in [3.8, 4) is 0 Å². The van der Waals surface area contributed by atoms with Crippen LogP contribution in [0, 0.1) is 0 Å². The molecule has 4 aliphatic heterocycles. The van der Waals surface area contributed by atoms with Gasteiger partial charge >= 0.3 is 5.97 Å². The van der Waals surface area contributed by atoms with Crippen molar-refractivity contribution >= 4 is 11.9 Å². The number of hydrogen-bond donors (Lipinski definition) is 14. The Morgan fingerprint density at radius 3 is 1.61 bits per heavy atom. The normalized spacial score (nSPS) is 49.3. The fraction of sp³-hybridized carbons (Fsp3) is 0.923. The van der Waals surface area contributed by atoms with Gasteiger partial charge in [-0.25, -0.2) is 4.79 Å². The largest absolute Gasteiger partial charge is 0.479 e. The van der Waals surface area contributed by atoms with Gasteiger partial charge in [-0.3, -0.25) is 4.79 Å². The summed E-state index contributed by atoms with van der Waals surface area (Å²) in [5.41, 5.74) is 0. The number of carbonyl (C=O) groups excluding carboxylic acids is 1. The van der Waals surface area contributed by atoms with E-state index in [9.17, 15) is 76.0 Å². The van der Waals surface area contributed by atoms with Crippen LogP contribution in [0.5, 0.6) is 0 Å². The lowest BCUT2D eigenvalue weighted by Gasteiger charge is -2.49. The summed E-state index contributed by atoms with van der Waals surface area (Å²) in [6, 6.07) is -1.54. The molecule has 0 bridgehead atoms. The van der Waals surface area contributed by atoms with Gasteiger partial charge in [0, 0.05) is 6.92 Å². The van der Waals surface area contributed by atoms with Crippen molar-refractivity contribution in [2.24, 2.45) is 0 Å². The maximum absolute atomic E-state index is 11.9. The Morgan fingerprint density at radius 1 is 0.551 bits per heavy atom. The van der Waals surface area contributed by atoms with E-state index in [0.717, 1.165) is 6.92 Å². The lowest BCUT2D eigenvalue weighted by molar-refractivity contribution is -0.392. The van der Waals surface area contributed by atoms with Gasteiger partial charge < -0.3 is 105 Å². The molecule has 4 rings (SSSR count). The molecule has 1 amide bonds. The van der Waals surface area contributed by atoms with Gasteiger partial charge in [0.2, 0.25) is 5.91 Å². The fourth-order valence-electron chi connectivity index (χ4n) is 5.90. The summed E-state index contributed by atoms with van der Waals surface area (Å²) in [5, 5.41) is 136. The SMILES string of the molecule is CC(=O)N[C@@H]1[C@@H](O[C@H]2O[C@H](CO)[C@@H](O)[C@H](O)[C@@H]2O[C@H]2O[C@H](CO)[C@@H](O)[C@H](O[C@H]3O[C@H](C(=O)O)[C@@H](O)[C@H](O)[C@H]3O)[C@@H]2O)[C@@H](O)[C@@H](CO)O[C@H]1O. The van der Waals surface area contributed by atoms with Crippen molar-refractivity contribution in [1.82, 2.24) is 5.32 Å². The lowest BCUT2D eigenvalue weighted by Crippen LogP contribution is -2.69. The van der Waals surface area contributed by atoms with E-state index in [2.05, 4.69) is 5.32 Å². The Labute approximate surface area is 276 Å². The molecule has 4 saturated heterocycles. The van der Waals surface area contributed by atoms with Crippen molar-refractivity contribution in [3.05, 3.63) is 0 Å². The molecule has 0 unspecified atom stereocenters. The van der Waals surface area contributed by atoms with Gasteiger partial charge in [0.15, 0.2) is 31.3 Å². The average Bonchev–Trinajstić information content (AvgIpc) is 3.05. The lowest BCUT2D eigenvalue weighted by atomic mass is 9.95. The first-order valence-corrected chi connectivity index (χ1v) is 15.1. The van der Waals surface area contributed by atoms with Gasteiger partial charge in [0.05, 0.1) is 19.8 Å². The predicted molar refractivity (Wildman–Crippen MR) is 146 cm³/mol. The van der Waals surface area contributed by atoms with Crippen molar-refractivity contribution < 1.29 is 109 Å². The number of nitrogens with one attached hydrogen (secondary N) is 1. The zero-order chi connectivity index (χ0) is 36.5. The number of aliphatic hydroxyl groups is 12. The summed E-state index contributed by atoms with van der Waals surface area (Å²) >= 11 is 0. The third-order valence-corrected chi connectivity index (χ3v) is 8.58. The highest BCUT2D eigenvalue weighted by Gasteiger charge is 2.56. The zero-order valence-electron chi connectivity index (χ0n) is 25.7. The standard InChI is InChI=1S/C26H43NO22/c1-5(31)27-9-18(11(33)7(3-29)43-23(9)42)46-26-21(14(36)10(32)6(2-28)45-26)49-25-17(39)19(12(34)8(4-30)44-25)47-24-16(38)13(35)15(37)20(48-24)22(40)41/h6-21,23-26,28-30,32-39,42H,2-4H2,1H3,(H,27,31)(H,40,41)/t6-,7-,8-,9-,10-,11+,12-,13+,14+,15+,16-,17+,18-,19+,20+,21+,23-,24+,25-,26-/m1/s1. The second-order valence-corrected chi connectivity index (χ2v) is 11.9. The molecule has 0 aromatic carbocycles. The number of ether oxygens (including phenoxy) is 7. The number of hydrogen-bond acceptors (Lipinski definition) is 21. The van der Waals surface area contributed by atoms with E-state index in [4.69, 9.17) is 33.2 Å². The van der Waals surface area contributed by atoms with Gasteiger partial charge in [-0.2, -0.15) is 0 Å². The Morgan fingerprint density at radius 2 is 1.04 bits per heavy atom. The van der Waals surface area contributed by atoms with Crippen LogP contribution < -0.4 is 5.32 Å². The quantitative estimate of drug-likeness (QED) is 0.0941. The summed E-state index contributed by atoms with van der Waals surface area (Å²) in [5.74, 6) is -2.49. The molecule has 20 atom stereocenters. The number of amides is 1. The number of aliphatic hydroxyl groups excluding tert-OH is 12. The molecular formula is C26H43NO22. The molecule has 14 N–H and O–H groups in total. The van der Waals surface area contributed by atoms with Crippen LogP contribution in [-0.4, -0.2) is 221 Å². The van der Waals surface area contributed by atoms with Crippen molar-refractivity contribution in [3.63, 3.8) is 0 Å². The topological polar surface area (TPSA) is 374 Å². The number of carboxylic acids is 1. The highest BCUT2D eigenvalue weighted by molar-refractivity contribution is 5.73. The second kappa shape index (κ2) is 16.7. The molecule has 23 nitrogen and oxygen atoms in total. The van der Waals surface area contributed by atoms with Gasteiger partial charge in [0.1, 0.15) is 91.5 Å². The third-order valence-electron chi connectivity index (χ3n) is 8.58. The molecule has 4 heterocycles. The van der Waals surface area contributed by atoms with Gasteiger partial charge in [-0.1, -0.05) is 0 Å². The van der Waals surface area contributed by atoms with E-state index >= 15 is 0 Å². The summed E-state index contributed by atoms with van der Waals surface area (Å²) in [4.78, 5) is 23.4. The van der Waals surface area contributed by atoms with Crippen molar-refractivity contribution in [1.29, 1.82) is 0 Å². The van der Waals surface area contributed by atoms with E-state index in [-0.39, 0.29) is 0 Å². The molecule has 49 heavy (non-hydrogen) atoms. The van der Waals surface area contributed by atoms with E-state index in [1.54, 1.807) is 0 Å². The van der Waals surface area contributed by atoms with Crippen LogP contribution in [0.2, 0.25) is 0 Å². The van der Waals surface area contributed by atoms with Crippen LogP contribution in [0.4, 0.5) is 0 Å². The van der Waals surface area contributed by atoms with Crippen LogP contribution in [-0.2, 0) is 42.7 Å². The number of carboxylic acid groups (broad SMARTS) is 1. The van der Waals surface area contributed by atoms with E-state index < -0.39 is 154 Å². The monoisotopic (exact) mass is 721 g/mol. The summed E-state index contributed by atoms with van der Waals surface area (Å²) < 4.78 is 38.1. The van der Waals surface area contributed by atoms with Gasteiger partial charge in [-0.15, -0.1) is 0 Å². The minimum atomic E-state index is -2.18. The molecular weight excluding hydrogens is 678 g/mol. The van der Waals surface area contributed by atoms with Crippen LogP contribution in [0.15, 0.2) is 0 Å². The van der Waals surface area contributed by atoms with Crippen LogP contribution in [0.1, 0.15) is 6.92 Å². The molecule has 23 heteroatoms. The minimum Gasteiger partial charge on any atom is -0.479 e. The fourth-order valence-corrected chi connectivity index (χ4v) is 5.90. The number of rotatable bonds is 11. The average molecular weight is 722 g/mol. The van der Waals surface area contributed by atoms with E-state index in [1.165, 1.54) is 0 Å². The zero-order valence-corrected chi connectivity index (χ0v) is 25.7. The minimum absolute atomic E-state index is 0.723. The van der Waals surface area contributed by atoms with Gasteiger partial charge in [-0.05, 0) is 0 Å². The highest BCUT2D eigenvalue weighted by atomic mass is 16.8. The van der Waals surface area contributed by atoms with Gasteiger partial charge in [0.25, 0.3) is 0 Å². The maximum atomic E-state index is 11.9. The number of carbonyl (C=O) groups is 2. The molecule has 0 radical (unpaired) electrons. The predicted octanol–water partition coefficient (Wildman–Crippen LogP) is -9.51. The van der Waals surface area contributed by atoms with Crippen LogP contribution in [0.3, 0.4) is 0 Å². The molecule has 0 aromatic heterocycles. The van der Waals surface area contributed by atoms with Crippen LogP contribution >= 0.6 is 0 Å². The molecule has 284 valence electrons. The summed E-state index contributed by atoms with van der Waals surface area (Å²) in [7, 11) is 0. The maximum Gasteiger partial charge on any atom is 0.335 e. The van der Waals surface area contributed by atoms with Crippen molar-refractivity contribution in [2.45, 2.75) is 130 Å². The molecule has 0 aromatic rings. The molecule has 0 saturated carbocycles. The Bertz CT molecular complexity index is 1110. The Kier molecular flexibility index (Phi) is 13.6. The molecule has 0 spiro atoms. The highest BCUT2D eigenvalue weighted by Crippen LogP contribution is 2.34. The second-order valence-electron chi connectivity index (χ2n) is 11.9. The third kappa shape index (κ3) is 8.30. The first kappa shape index (κ1) is 40.0. The van der Waals surface area contributed by atoms with E-state index in [1.807, 2.05) is 0 Å². The molecule has 4 aliphatic rings. The first-order valence-electron chi connectivity index (χ1n) is 15.1. The first-order chi connectivity index (χ1) is 23.1. The Balaban J connectivity index is 1.61. The van der Waals surface area contributed by atoms with Crippen molar-refractivity contribution in [2.75, 3.05) is 19.8 Å². The number of aliphatic carboxylic acids is 1. The molecule has 0 aliphatic carbocycles.